The van der Waals surface area contributed by atoms with E-state index < -0.39 is 0 Å². The van der Waals surface area contributed by atoms with Gasteiger partial charge in [-0.05, 0) is 60.2 Å². The zero-order chi connectivity index (χ0) is 25.5. The van der Waals surface area contributed by atoms with Gasteiger partial charge in [0.25, 0.3) is 0 Å². The maximum absolute atomic E-state index is 13.7. The van der Waals surface area contributed by atoms with Gasteiger partial charge >= 0.3 is 0 Å². The minimum absolute atomic E-state index is 0.278. The summed E-state index contributed by atoms with van der Waals surface area (Å²) in [5.41, 5.74) is 6.29. The number of hydrogen-bond acceptors (Lipinski definition) is 4. The molecule has 7 rings (SSSR count). The van der Waals surface area contributed by atoms with Crippen molar-refractivity contribution in [1.29, 1.82) is 0 Å². The molecular weight excluding hydrogens is 489 g/mol. The highest BCUT2D eigenvalue weighted by molar-refractivity contribution is 7.25. The van der Waals surface area contributed by atoms with Crippen LogP contribution in [0.5, 0.6) is 0 Å². The minimum atomic E-state index is -0.278. The van der Waals surface area contributed by atoms with E-state index in [2.05, 4.69) is 53.5 Å². The maximum atomic E-state index is 13.7. The molecule has 38 heavy (non-hydrogen) atoms. The predicted molar refractivity (Wildman–Crippen MR) is 154 cm³/mol. The number of thiophene rings is 1. The van der Waals surface area contributed by atoms with Crippen molar-refractivity contribution in [3.63, 3.8) is 0 Å². The molecule has 0 N–H and O–H groups in total. The standard InChI is InChI=1S/C33H20FN3S/c34-24-14-11-21(12-15-24)29-19-30(22-13-16-32-28(18-22)26-8-3-4-10-31(26)38-32)37-33(36-29)27-9-2-1-7-25(27)23-6-5-17-35-20-23/h1-20H. The Balaban J connectivity index is 1.46. The van der Waals surface area contributed by atoms with E-state index in [1.165, 1.54) is 32.3 Å². The highest BCUT2D eigenvalue weighted by atomic mass is 32.1. The Morgan fingerprint density at radius 3 is 2.08 bits per heavy atom. The molecule has 3 aromatic heterocycles. The second-order valence-electron chi connectivity index (χ2n) is 9.07. The molecule has 0 atom stereocenters. The predicted octanol–water partition coefficient (Wildman–Crippen LogP) is 9.05. The van der Waals surface area contributed by atoms with E-state index in [-0.39, 0.29) is 5.82 Å². The smallest absolute Gasteiger partial charge is 0.161 e. The lowest BCUT2D eigenvalue weighted by molar-refractivity contribution is 0.628. The number of hydrogen-bond donors (Lipinski definition) is 0. The monoisotopic (exact) mass is 509 g/mol. The number of aromatic nitrogens is 3. The Labute approximate surface area is 222 Å². The van der Waals surface area contributed by atoms with Crippen molar-refractivity contribution in [2.45, 2.75) is 0 Å². The summed E-state index contributed by atoms with van der Waals surface area (Å²) in [7, 11) is 0. The molecule has 0 saturated heterocycles. The molecule has 5 heteroatoms. The van der Waals surface area contributed by atoms with Crippen molar-refractivity contribution < 1.29 is 4.39 Å². The molecule has 0 saturated carbocycles. The van der Waals surface area contributed by atoms with E-state index >= 15 is 0 Å². The lowest BCUT2D eigenvalue weighted by atomic mass is 9.99. The van der Waals surface area contributed by atoms with Crippen molar-refractivity contribution in [1.82, 2.24) is 15.0 Å². The van der Waals surface area contributed by atoms with E-state index in [0.717, 1.165) is 39.2 Å². The van der Waals surface area contributed by atoms with Crippen molar-refractivity contribution in [2.75, 3.05) is 0 Å². The summed E-state index contributed by atoms with van der Waals surface area (Å²) in [4.78, 5) is 14.3. The number of rotatable bonds is 4. The van der Waals surface area contributed by atoms with Crippen LogP contribution < -0.4 is 0 Å². The molecule has 0 radical (unpaired) electrons. The van der Waals surface area contributed by atoms with E-state index in [9.17, 15) is 4.39 Å². The van der Waals surface area contributed by atoms with Gasteiger partial charge in [-0.1, -0.05) is 54.6 Å². The topological polar surface area (TPSA) is 38.7 Å². The number of halogens is 1. The van der Waals surface area contributed by atoms with Gasteiger partial charge in [0.15, 0.2) is 5.82 Å². The molecule has 0 aliphatic carbocycles. The Bertz CT molecular complexity index is 1930. The Morgan fingerprint density at radius 1 is 0.553 bits per heavy atom. The average molecular weight is 510 g/mol. The molecule has 0 aliphatic heterocycles. The van der Waals surface area contributed by atoms with E-state index in [1.807, 2.05) is 42.6 Å². The van der Waals surface area contributed by atoms with Gasteiger partial charge in [0, 0.05) is 54.8 Å². The normalized spacial score (nSPS) is 11.3. The van der Waals surface area contributed by atoms with Crippen LogP contribution in [0.2, 0.25) is 0 Å². The van der Waals surface area contributed by atoms with Gasteiger partial charge in [-0.2, -0.15) is 0 Å². The highest BCUT2D eigenvalue weighted by Crippen LogP contribution is 2.37. The Hall–Kier alpha value is -4.74. The summed E-state index contributed by atoms with van der Waals surface area (Å²) >= 11 is 1.79. The molecule has 3 heterocycles. The summed E-state index contributed by atoms with van der Waals surface area (Å²) in [6.07, 6.45) is 3.61. The fourth-order valence-corrected chi connectivity index (χ4v) is 5.91. The first-order valence-electron chi connectivity index (χ1n) is 12.3. The quantitative estimate of drug-likeness (QED) is 0.238. The molecule has 180 valence electrons. The SMILES string of the molecule is Fc1ccc(-c2cc(-c3ccc4sc5ccccc5c4c3)nc(-c3ccccc3-c3cccnc3)n2)cc1. The van der Waals surface area contributed by atoms with Crippen molar-refractivity contribution in [3.8, 4) is 45.0 Å². The van der Waals surface area contributed by atoms with E-state index in [4.69, 9.17) is 9.97 Å². The van der Waals surface area contributed by atoms with Gasteiger partial charge in [0.05, 0.1) is 11.4 Å². The van der Waals surface area contributed by atoms with Crippen LogP contribution in [0, 0.1) is 5.82 Å². The van der Waals surface area contributed by atoms with Gasteiger partial charge in [0.2, 0.25) is 0 Å². The molecule has 0 unspecified atom stereocenters. The molecule has 0 amide bonds. The lowest BCUT2D eigenvalue weighted by Gasteiger charge is -2.12. The maximum Gasteiger partial charge on any atom is 0.161 e. The first-order chi connectivity index (χ1) is 18.7. The molecule has 7 aromatic rings. The third-order valence-corrected chi connectivity index (χ3v) is 7.83. The van der Waals surface area contributed by atoms with Crippen LogP contribution in [0.15, 0.2) is 122 Å². The van der Waals surface area contributed by atoms with Crippen molar-refractivity contribution >= 4 is 31.5 Å². The van der Waals surface area contributed by atoms with Crippen LogP contribution in [0.25, 0.3) is 65.2 Å². The van der Waals surface area contributed by atoms with E-state index in [1.54, 1.807) is 29.7 Å². The third-order valence-electron chi connectivity index (χ3n) is 6.68. The second kappa shape index (κ2) is 9.29. The van der Waals surface area contributed by atoms with Crippen LogP contribution >= 0.6 is 11.3 Å². The highest BCUT2D eigenvalue weighted by Gasteiger charge is 2.15. The molecule has 0 bridgehead atoms. The second-order valence-corrected chi connectivity index (χ2v) is 10.1. The van der Waals surface area contributed by atoms with Gasteiger partial charge in [-0.15, -0.1) is 11.3 Å². The summed E-state index contributed by atoms with van der Waals surface area (Å²) < 4.78 is 16.2. The number of fused-ring (bicyclic) bond motifs is 3. The molecular formula is C33H20FN3S. The van der Waals surface area contributed by atoms with Crippen LogP contribution in [0.4, 0.5) is 4.39 Å². The van der Waals surface area contributed by atoms with Gasteiger partial charge in [-0.25, -0.2) is 14.4 Å². The van der Waals surface area contributed by atoms with Gasteiger partial charge < -0.3 is 0 Å². The lowest BCUT2D eigenvalue weighted by Crippen LogP contribution is -1.97. The summed E-state index contributed by atoms with van der Waals surface area (Å²) in [6, 6.07) is 35.4. The van der Waals surface area contributed by atoms with E-state index in [0.29, 0.717) is 5.82 Å². The van der Waals surface area contributed by atoms with Crippen molar-refractivity contribution in [2.24, 2.45) is 0 Å². The number of nitrogens with zero attached hydrogens (tertiary/aromatic N) is 3. The summed E-state index contributed by atoms with van der Waals surface area (Å²) in [6.45, 7) is 0. The zero-order valence-electron chi connectivity index (χ0n) is 20.2. The fourth-order valence-electron chi connectivity index (χ4n) is 4.82. The van der Waals surface area contributed by atoms with Crippen molar-refractivity contribution in [3.05, 3.63) is 127 Å². The summed E-state index contributed by atoms with van der Waals surface area (Å²) in [5, 5.41) is 2.45. The molecule has 4 aromatic carbocycles. The third kappa shape index (κ3) is 4.03. The van der Waals surface area contributed by atoms with Gasteiger partial charge in [0.1, 0.15) is 5.82 Å². The zero-order valence-corrected chi connectivity index (χ0v) is 21.0. The first-order valence-corrected chi connectivity index (χ1v) is 13.1. The fraction of sp³-hybridized carbons (Fsp3) is 0. The van der Waals surface area contributed by atoms with Crippen LogP contribution in [-0.2, 0) is 0 Å². The van der Waals surface area contributed by atoms with Crippen LogP contribution in [-0.4, -0.2) is 15.0 Å². The Morgan fingerprint density at radius 2 is 1.26 bits per heavy atom. The molecule has 3 nitrogen and oxygen atoms in total. The largest absolute Gasteiger partial charge is 0.264 e. The average Bonchev–Trinajstić information content (AvgIpc) is 3.36. The number of pyridine rings is 1. The molecule has 0 spiro atoms. The summed E-state index contributed by atoms with van der Waals surface area (Å²) in [5.74, 6) is 0.330. The Kier molecular flexibility index (Phi) is 5.49. The van der Waals surface area contributed by atoms with Crippen LogP contribution in [0.3, 0.4) is 0 Å². The number of benzene rings is 4. The first kappa shape index (κ1) is 22.5. The van der Waals surface area contributed by atoms with Gasteiger partial charge in [-0.3, -0.25) is 4.98 Å². The van der Waals surface area contributed by atoms with Crippen LogP contribution in [0.1, 0.15) is 0 Å². The molecule has 0 fully saturated rings. The minimum Gasteiger partial charge on any atom is -0.264 e. The molecule has 0 aliphatic rings.